The largest absolute Gasteiger partial charge is 0.368 e. The maximum Gasteiger partial charge on any atom is 0.0511 e. The first kappa shape index (κ1) is 12.7. The molecule has 2 rings (SSSR count). The second-order valence-electron chi connectivity index (χ2n) is 4.57. The first-order chi connectivity index (χ1) is 8.72. The average molecular weight is 240 g/mol. The molecule has 0 fully saturated rings. The minimum absolute atomic E-state index is 0.347. The summed E-state index contributed by atoms with van der Waals surface area (Å²) in [5.74, 6) is 0. The average Bonchev–Trinajstić information content (AvgIpc) is 2.46. The Hall–Kier alpha value is -1.80. The summed E-state index contributed by atoms with van der Waals surface area (Å²) < 4.78 is 0. The van der Waals surface area contributed by atoms with Crippen LogP contribution in [-0.4, -0.2) is 7.05 Å². The lowest BCUT2D eigenvalue weighted by Gasteiger charge is -2.27. The van der Waals surface area contributed by atoms with Gasteiger partial charge in [0.2, 0.25) is 0 Å². The third-order valence-corrected chi connectivity index (χ3v) is 3.42. The first-order valence-corrected chi connectivity index (χ1v) is 6.29. The van der Waals surface area contributed by atoms with E-state index in [0.717, 1.165) is 0 Å². The van der Waals surface area contributed by atoms with E-state index in [9.17, 15) is 0 Å². The number of rotatable bonds is 4. The predicted octanol–water partition coefficient (Wildman–Crippen LogP) is 3.34. The molecule has 0 spiro atoms. The van der Waals surface area contributed by atoms with Crippen molar-refractivity contribution in [1.29, 1.82) is 0 Å². The van der Waals surface area contributed by atoms with Crippen LogP contribution in [0.2, 0.25) is 0 Å². The lowest BCUT2D eigenvalue weighted by Crippen LogP contribution is -2.21. The summed E-state index contributed by atoms with van der Waals surface area (Å²) in [6, 6.07) is 19.3. The standard InChI is InChI=1S/C16H20N2/c1-13(15-8-4-3-5-9-15)18(2)16-10-6-7-14(11-16)12-17/h3-11,13H,12,17H2,1-2H3. The summed E-state index contributed by atoms with van der Waals surface area (Å²) in [6.07, 6.45) is 0. The molecule has 94 valence electrons. The Morgan fingerprint density at radius 2 is 1.78 bits per heavy atom. The number of anilines is 1. The number of nitrogens with two attached hydrogens (primary N) is 1. The highest BCUT2D eigenvalue weighted by atomic mass is 15.1. The van der Waals surface area contributed by atoms with Crippen LogP contribution in [0.1, 0.15) is 24.1 Å². The number of nitrogens with zero attached hydrogens (tertiary/aromatic N) is 1. The summed E-state index contributed by atoms with van der Waals surface area (Å²) in [4.78, 5) is 2.27. The van der Waals surface area contributed by atoms with Gasteiger partial charge in [0, 0.05) is 19.3 Å². The van der Waals surface area contributed by atoms with E-state index in [1.807, 2.05) is 6.07 Å². The highest BCUT2D eigenvalue weighted by Gasteiger charge is 2.11. The smallest absolute Gasteiger partial charge is 0.0511 e. The van der Waals surface area contributed by atoms with Gasteiger partial charge >= 0.3 is 0 Å². The molecule has 0 aliphatic rings. The fraction of sp³-hybridized carbons (Fsp3) is 0.250. The van der Waals surface area contributed by atoms with Crippen molar-refractivity contribution in [1.82, 2.24) is 0 Å². The molecule has 1 atom stereocenters. The Morgan fingerprint density at radius 1 is 1.06 bits per heavy atom. The molecule has 0 saturated carbocycles. The molecule has 0 radical (unpaired) electrons. The van der Waals surface area contributed by atoms with Gasteiger partial charge in [-0.15, -0.1) is 0 Å². The van der Waals surface area contributed by atoms with Gasteiger partial charge < -0.3 is 10.6 Å². The summed E-state index contributed by atoms with van der Waals surface area (Å²) >= 11 is 0. The van der Waals surface area contributed by atoms with E-state index in [1.165, 1.54) is 16.8 Å². The zero-order chi connectivity index (χ0) is 13.0. The van der Waals surface area contributed by atoms with Crippen molar-refractivity contribution in [2.24, 2.45) is 5.73 Å². The molecule has 2 aromatic rings. The molecule has 2 nitrogen and oxygen atoms in total. The number of benzene rings is 2. The molecule has 1 unspecified atom stereocenters. The second-order valence-corrected chi connectivity index (χ2v) is 4.57. The van der Waals surface area contributed by atoms with Gasteiger partial charge in [-0.2, -0.15) is 0 Å². The molecular weight excluding hydrogens is 220 g/mol. The monoisotopic (exact) mass is 240 g/mol. The summed E-state index contributed by atoms with van der Waals surface area (Å²) in [7, 11) is 2.12. The third kappa shape index (κ3) is 2.71. The molecule has 2 aromatic carbocycles. The van der Waals surface area contributed by atoms with E-state index in [-0.39, 0.29) is 0 Å². The molecule has 0 aliphatic heterocycles. The van der Waals surface area contributed by atoms with E-state index in [2.05, 4.69) is 67.4 Å². The normalized spacial score (nSPS) is 12.2. The molecule has 18 heavy (non-hydrogen) atoms. The Bertz CT molecular complexity index is 493. The third-order valence-electron chi connectivity index (χ3n) is 3.42. The highest BCUT2D eigenvalue weighted by molar-refractivity contribution is 5.50. The molecule has 0 bridgehead atoms. The molecule has 0 aromatic heterocycles. The Kier molecular flexibility index (Phi) is 4.00. The van der Waals surface area contributed by atoms with Crippen molar-refractivity contribution in [3.05, 3.63) is 65.7 Å². The van der Waals surface area contributed by atoms with Gasteiger partial charge in [0.25, 0.3) is 0 Å². The molecule has 0 saturated heterocycles. The molecular formula is C16H20N2. The predicted molar refractivity (Wildman–Crippen MR) is 77.6 cm³/mol. The van der Waals surface area contributed by atoms with E-state index < -0.39 is 0 Å². The van der Waals surface area contributed by atoms with E-state index in [4.69, 9.17) is 5.73 Å². The Labute approximate surface area is 109 Å². The number of hydrogen-bond donors (Lipinski definition) is 1. The Balaban J connectivity index is 2.22. The lowest BCUT2D eigenvalue weighted by atomic mass is 10.1. The Morgan fingerprint density at radius 3 is 2.44 bits per heavy atom. The van der Waals surface area contributed by atoms with Crippen molar-refractivity contribution in [2.75, 3.05) is 11.9 Å². The first-order valence-electron chi connectivity index (χ1n) is 6.29. The van der Waals surface area contributed by atoms with Crippen molar-refractivity contribution < 1.29 is 0 Å². The van der Waals surface area contributed by atoms with Gasteiger partial charge in [-0.25, -0.2) is 0 Å². The van der Waals surface area contributed by atoms with Crippen molar-refractivity contribution in [2.45, 2.75) is 19.5 Å². The minimum Gasteiger partial charge on any atom is -0.368 e. The quantitative estimate of drug-likeness (QED) is 0.888. The molecule has 2 N–H and O–H groups in total. The van der Waals surface area contributed by atoms with E-state index in [1.54, 1.807) is 0 Å². The summed E-state index contributed by atoms with van der Waals surface area (Å²) in [5.41, 5.74) is 9.37. The van der Waals surface area contributed by atoms with Crippen LogP contribution >= 0.6 is 0 Å². The van der Waals surface area contributed by atoms with Crippen LogP contribution < -0.4 is 10.6 Å². The second kappa shape index (κ2) is 5.69. The van der Waals surface area contributed by atoms with Crippen molar-refractivity contribution in [3.63, 3.8) is 0 Å². The maximum absolute atomic E-state index is 5.69. The fourth-order valence-corrected chi connectivity index (χ4v) is 2.08. The molecule has 0 aliphatic carbocycles. The molecule has 0 amide bonds. The van der Waals surface area contributed by atoms with Gasteiger partial charge in [0.1, 0.15) is 0 Å². The van der Waals surface area contributed by atoms with Gasteiger partial charge in [0.15, 0.2) is 0 Å². The van der Waals surface area contributed by atoms with Gasteiger partial charge in [-0.1, -0.05) is 42.5 Å². The van der Waals surface area contributed by atoms with Crippen molar-refractivity contribution >= 4 is 5.69 Å². The minimum atomic E-state index is 0.347. The van der Waals surface area contributed by atoms with Crippen LogP contribution in [0.5, 0.6) is 0 Å². The maximum atomic E-state index is 5.69. The topological polar surface area (TPSA) is 29.3 Å². The SMILES string of the molecule is CC(c1ccccc1)N(C)c1cccc(CN)c1. The lowest BCUT2D eigenvalue weighted by molar-refractivity contribution is 0.739. The van der Waals surface area contributed by atoms with E-state index >= 15 is 0 Å². The van der Waals surface area contributed by atoms with Crippen LogP contribution in [0.25, 0.3) is 0 Å². The van der Waals surface area contributed by atoms with Crippen molar-refractivity contribution in [3.8, 4) is 0 Å². The summed E-state index contributed by atoms with van der Waals surface area (Å²) in [5, 5.41) is 0. The van der Waals surface area contributed by atoms with Crippen LogP contribution in [-0.2, 0) is 6.54 Å². The van der Waals surface area contributed by atoms with Crippen LogP contribution in [0.4, 0.5) is 5.69 Å². The van der Waals surface area contributed by atoms with Gasteiger partial charge in [0.05, 0.1) is 6.04 Å². The molecule has 2 heteroatoms. The fourth-order valence-electron chi connectivity index (χ4n) is 2.08. The molecule has 0 heterocycles. The zero-order valence-corrected chi connectivity index (χ0v) is 11.0. The van der Waals surface area contributed by atoms with Gasteiger partial charge in [-0.05, 0) is 30.2 Å². The van der Waals surface area contributed by atoms with Crippen LogP contribution in [0.3, 0.4) is 0 Å². The summed E-state index contributed by atoms with van der Waals surface area (Å²) in [6.45, 7) is 2.80. The number of hydrogen-bond acceptors (Lipinski definition) is 2. The van der Waals surface area contributed by atoms with E-state index in [0.29, 0.717) is 12.6 Å². The van der Waals surface area contributed by atoms with Crippen LogP contribution in [0.15, 0.2) is 54.6 Å². The van der Waals surface area contributed by atoms with Crippen LogP contribution in [0, 0.1) is 0 Å². The van der Waals surface area contributed by atoms with Gasteiger partial charge in [-0.3, -0.25) is 0 Å². The zero-order valence-electron chi connectivity index (χ0n) is 11.0. The highest BCUT2D eigenvalue weighted by Crippen LogP contribution is 2.25.